The van der Waals surface area contributed by atoms with Crippen molar-refractivity contribution in [3.8, 4) is 11.8 Å². The van der Waals surface area contributed by atoms with Crippen LogP contribution < -0.4 is 19.9 Å². The molecule has 0 bridgehead atoms. The minimum absolute atomic E-state index is 0.115. The summed E-state index contributed by atoms with van der Waals surface area (Å²) >= 11 is 0. The molecule has 4 aromatic rings. The fraction of sp³-hybridized carbons (Fsp3) is 0.444. The van der Waals surface area contributed by atoms with Crippen molar-refractivity contribution in [1.82, 2.24) is 30.2 Å². The molecule has 2 atom stereocenters. The van der Waals surface area contributed by atoms with Crippen molar-refractivity contribution in [3.63, 3.8) is 0 Å². The van der Waals surface area contributed by atoms with E-state index in [1.807, 2.05) is 0 Å². The first-order chi connectivity index (χ1) is 18.6. The van der Waals surface area contributed by atoms with Crippen molar-refractivity contribution in [3.05, 3.63) is 36.2 Å². The standard InChI is InChI=1S/C27H31FN8O3/c1-14-30-10-17(11-31-14)38-25-33-23-21(24(34-25)36-12-15-6-7-29-19(15)13-36)18-8-16(28)9-20(22(18)32-23)35(5)26(37)39-27(2,3)4/h8-11,15,19,29H,6-7,12-13H2,1-5H3,(H,32,33,34)/t15-,19+/m1/s1. The number of ether oxygens (including phenoxy) is 2. The average molecular weight is 535 g/mol. The molecule has 1 amide bonds. The van der Waals surface area contributed by atoms with Crippen molar-refractivity contribution in [2.75, 3.05) is 36.5 Å². The van der Waals surface area contributed by atoms with Crippen LogP contribution in [0.3, 0.4) is 0 Å². The maximum Gasteiger partial charge on any atom is 0.414 e. The van der Waals surface area contributed by atoms with Gasteiger partial charge in [-0.25, -0.2) is 19.2 Å². The maximum absolute atomic E-state index is 15.1. The Morgan fingerprint density at radius 3 is 2.67 bits per heavy atom. The fourth-order valence-corrected chi connectivity index (χ4v) is 5.34. The van der Waals surface area contributed by atoms with E-state index in [1.165, 1.54) is 17.0 Å². The van der Waals surface area contributed by atoms with E-state index in [4.69, 9.17) is 14.5 Å². The zero-order valence-electron chi connectivity index (χ0n) is 22.6. The Hall–Kier alpha value is -4.06. The lowest BCUT2D eigenvalue weighted by molar-refractivity contribution is 0.0589. The number of aromatic amines is 1. The molecule has 0 aliphatic carbocycles. The van der Waals surface area contributed by atoms with E-state index >= 15 is 4.39 Å². The Labute approximate surface area is 224 Å². The average Bonchev–Trinajstić information content (AvgIpc) is 3.56. The molecule has 3 aromatic heterocycles. The number of nitrogens with one attached hydrogen (secondary N) is 2. The number of benzene rings is 1. The van der Waals surface area contributed by atoms with Gasteiger partial charge in [-0.05, 0) is 58.7 Å². The fourth-order valence-electron chi connectivity index (χ4n) is 5.34. The first-order valence-electron chi connectivity index (χ1n) is 13.0. The Bertz CT molecular complexity index is 1550. The lowest BCUT2D eigenvalue weighted by Gasteiger charge is -2.25. The number of fused-ring (bicyclic) bond motifs is 4. The molecule has 2 aliphatic heterocycles. The molecule has 39 heavy (non-hydrogen) atoms. The van der Waals surface area contributed by atoms with Gasteiger partial charge in [0, 0.05) is 31.6 Å². The Morgan fingerprint density at radius 2 is 1.95 bits per heavy atom. The summed E-state index contributed by atoms with van der Waals surface area (Å²) in [6, 6.07) is 3.22. The zero-order chi connectivity index (χ0) is 27.5. The van der Waals surface area contributed by atoms with Crippen molar-refractivity contribution >= 4 is 39.5 Å². The van der Waals surface area contributed by atoms with E-state index in [9.17, 15) is 4.79 Å². The highest BCUT2D eigenvalue weighted by molar-refractivity contribution is 6.16. The Kier molecular flexibility index (Phi) is 6.01. The van der Waals surface area contributed by atoms with Crippen LogP contribution in [-0.4, -0.2) is 69.3 Å². The number of carbonyl (C=O) groups excluding carboxylic acids is 1. The first-order valence-corrected chi connectivity index (χ1v) is 13.0. The summed E-state index contributed by atoms with van der Waals surface area (Å²) in [5.41, 5.74) is 0.638. The minimum atomic E-state index is -0.704. The topological polar surface area (TPSA) is 121 Å². The largest absolute Gasteiger partial charge is 0.443 e. The second-order valence-corrected chi connectivity index (χ2v) is 11.1. The number of halogens is 1. The summed E-state index contributed by atoms with van der Waals surface area (Å²) in [6.07, 6.45) is 3.62. The van der Waals surface area contributed by atoms with E-state index in [-0.39, 0.29) is 6.01 Å². The van der Waals surface area contributed by atoms with Gasteiger partial charge >= 0.3 is 12.1 Å². The molecule has 5 heterocycles. The monoisotopic (exact) mass is 534 g/mol. The molecule has 6 rings (SSSR count). The highest BCUT2D eigenvalue weighted by Crippen LogP contribution is 2.40. The smallest absolute Gasteiger partial charge is 0.414 e. The molecule has 2 aliphatic rings. The van der Waals surface area contributed by atoms with Crippen molar-refractivity contribution in [1.29, 1.82) is 0 Å². The molecule has 0 spiro atoms. The third kappa shape index (κ3) is 4.80. The third-order valence-corrected chi connectivity index (χ3v) is 7.12. The van der Waals surface area contributed by atoms with Gasteiger partial charge in [-0.2, -0.15) is 9.97 Å². The number of aromatic nitrogens is 5. The van der Waals surface area contributed by atoms with Gasteiger partial charge in [-0.1, -0.05) is 0 Å². The van der Waals surface area contributed by atoms with E-state index in [0.29, 0.717) is 57.0 Å². The number of anilines is 2. The van der Waals surface area contributed by atoms with Crippen LogP contribution in [0.1, 0.15) is 33.0 Å². The summed E-state index contributed by atoms with van der Waals surface area (Å²) < 4.78 is 26.6. The van der Waals surface area contributed by atoms with Crippen LogP contribution in [0.5, 0.6) is 11.8 Å². The Balaban J connectivity index is 1.50. The number of aryl methyl sites for hydroxylation is 1. The number of carbonyl (C=O) groups is 1. The zero-order valence-corrected chi connectivity index (χ0v) is 22.6. The van der Waals surface area contributed by atoms with Crippen LogP contribution >= 0.6 is 0 Å². The molecular formula is C27H31FN8O3. The molecule has 0 saturated carbocycles. The van der Waals surface area contributed by atoms with Gasteiger partial charge in [-0.15, -0.1) is 0 Å². The molecule has 2 N–H and O–H groups in total. The van der Waals surface area contributed by atoms with Gasteiger partial charge in [0.1, 0.15) is 28.7 Å². The van der Waals surface area contributed by atoms with Crippen molar-refractivity contribution in [2.24, 2.45) is 5.92 Å². The first kappa shape index (κ1) is 25.2. The van der Waals surface area contributed by atoms with E-state index < -0.39 is 17.5 Å². The van der Waals surface area contributed by atoms with Crippen molar-refractivity contribution < 1.29 is 18.7 Å². The number of amides is 1. The van der Waals surface area contributed by atoms with Crippen LogP contribution in [0.15, 0.2) is 24.5 Å². The van der Waals surface area contributed by atoms with Gasteiger partial charge in [-0.3, -0.25) is 4.90 Å². The second kappa shape index (κ2) is 9.30. The highest BCUT2D eigenvalue weighted by Gasteiger charge is 2.38. The van der Waals surface area contributed by atoms with Crippen LogP contribution in [0, 0.1) is 18.7 Å². The predicted octanol–water partition coefficient (Wildman–Crippen LogP) is 4.31. The minimum Gasteiger partial charge on any atom is -0.443 e. The van der Waals surface area contributed by atoms with Crippen LogP contribution in [0.2, 0.25) is 0 Å². The number of hydrogen-bond acceptors (Lipinski definition) is 9. The molecule has 0 radical (unpaired) electrons. The molecule has 2 saturated heterocycles. The predicted molar refractivity (Wildman–Crippen MR) is 145 cm³/mol. The van der Waals surface area contributed by atoms with Gasteiger partial charge in [0.05, 0.1) is 29.0 Å². The van der Waals surface area contributed by atoms with E-state index in [2.05, 4.69) is 30.2 Å². The lowest BCUT2D eigenvalue weighted by atomic mass is 10.1. The van der Waals surface area contributed by atoms with Crippen LogP contribution in [0.25, 0.3) is 21.9 Å². The molecular weight excluding hydrogens is 503 g/mol. The quantitative estimate of drug-likeness (QED) is 0.394. The molecule has 204 valence electrons. The summed E-state index contributed by atoms with van der Waals surface area (Å²) in [4.78, 5) is 37.5. The molecule has 11 nitrogen and oxygen atoms in total. The molecule has 0 unspecified atom stereocenters. The molecule has 12 heteroatoms. The SMILES string of the molecule is Cc1ncc(Oc2nc(N3C[C@H]4CCN[C@H]4C3)c3c(n2)[nH]c2c(N(C)C(=O)OC(C)(C)C)cc(F)cc23)cn1. The van der Waals surface area contributed by atoms with Gasteiger partial charge in [0.15, 0.2) is 5.75 Å². The number of rotatable bonds is 4. The normalized spacial score (nSPS) is 19.1. The second-order valence-electron chi connectivity index (χ2n) is 11.1. The number of hydrogen-bond donors (Lipinski definition) is 2. The summed E-state index contributed by atoms with van der Waals surface area (Å²) in [6.45, 7) is 9.71. The summed E-state index contributed by atoms with van der Waals surface area (Å²) in [5, 5.41) is 4.80. The number of nitrogens with zero attached hydrogens (tertiary/aromatic N) is 6. The molecule has 1 aromatic carbocycles. The highest BCUT2D eigenvalue weighted by atomic mass is 19.1. The van der Waals surface area contributed by atoms with E-state index in [0.717, 1.165) is 26.1 Å². The summed E-state index contributed by atoms with van der Waals surface area (Å²) in [5.74, 6) is 1.67. The lowest BCUT2D eigenvalue weighted by Crippen LogP contribution is -2.34. The number of H-pyrrole nitrogens is 1. The Morgan fingerprint density at radius 1 is 1.18 bits per heavy atom. The van der Waals surface area contributed by atoms with E-state index in [1.54, 1.807) is 47.1 Å². The maximum atomic E-state index is 15.1. The molecule has 2 fully saturated rings. The third-order valence-electron chi connectivity index (χ3n) is 7.12. The van der Waals surface area contributed by atoms with Crippen molar-refractivity contribution in [2.45, 2.75) is 45.8 Å². The van der Waals surface area contributed by atoms with Crippen LogP contribution in [-0.2, 0) is 4.74 Å². The van der Waals surface area contributed by atoms with Crippen LogP contribution in [0.4, 0.5) is 20.7 Å². The van der Waals surface area contributed by atoms with Gasteiger partial charge < -0.3 is 24.7 Å². The summed E-state index contributed by atoms with van der Waals surface area (Å²) in [7, 11) is 1.56. The van der Waals surface area contributed by atoms with Gasteiger partial charge in [0.25, 0.3) is 0 Å². The van der Waals surface area contributed by atoms with Gasteiger partial charge in [0.2, 0.25) is 0 Å².